The minimum Gasteiger partial charge on any atom is -0.493 e. The summed E-state index contributed by atoms with van der Waals surface area (Å²) >= 11 is 0. The first-order valence-corrected chi connectivity index (χ1v) is 11.1. The lowest BCUT2D eigenvalue weighted by Gasteiger charge is -2.35. The van der Waals surface area contributed by atoms with E-state index in [-0.39, 0.29) is 12.1 Å². The van der Waals surface area contributed by atoms with Gasteiger partial charge in [0.25, 0.3) is 0 Å². The number of hydrogen-bond donors (Lipinski definition) is 1. The van der Waals surface area contributed by atoms with E-state index < -0.39 is 5.60 Å². The fraction of sp³-hybridized carbons (Fsp3) is 0.583. The number of amides is 1. The molecule has 0 saturated carbocycles. The standard InChI is InChI=1S/C24H33N3O4/c1-24(2,3)31-23(28)27-11-7-8-15(14-27)25-22-16-9-6-10-18(16)26-19-13-21(30-5)20(29-4)12-17(19)22/h12-13,15H,6-11,14H2,1-5H3,(H,25,26). The summed E-state index contributed by atoms with van der Waals surface area (Å²) in [5.41, 5.74) is 3.97. The number of nitrogens with zero attached hydrogens (tertiary/aromatic N) is 2. The number of carbonyl (C=O) groups excluding carboxylic acids is 1. The molecule has 1 aromatic carbocycles. The number of carbonyl (C=O) groups is 1. The Morgan fingerprint density at radius 2 is 1.87 bits per heavy atom. The van der Waals surface area contributed by atoms with Crippen LogP contribution in [-0.2, 0) is 17.6 Å². The molecule has 1 N–H and O–H groups in total. The van der Waals surface area contributed by atoms with Crippen molar-refractivity contribution in [2.45, 2.75) is 64.5 Å². The predicted molar refractivity (Wildman–Crippen MR) is 121 cm³/mol. The van der Waals surface area contributed by atoms with Gasteiger partial charge >= 0.3 is 6.09 Å². The minimum atomic E-state index is -0.491. The number of pyridine rings is 1. The van der Waals surface area contributed by atoms with E-state index >= 15 is 0 Å². The van der Waals surface area contributed by atoms with Crippen molar-refractivity contribution in [1.29, 1.82) is 0 Å². The van der Waals surface area contributed by atoms with Gasteiger partial charge in [0.15, 0.2) is 11.5 Å². The van der Waals surface area contributed by atoms with Crippen LogP contribution in [0.25, 0.3) is 10.9 Å². The molecule has 0 radical (unpaired) electrons. The number of anilines is 1. The second-order valence-electron chi connectivity index (χ2n) is 9.40. The van der Waals surface area contributed by atoms with Crippen molar-refractivity contribution < 1.29 is 19.0 Å². The summed E-state index contributed by atoms with van der Waals surface area (Å²) in [6, 6.07) is 4.12. The van der Waals surface area contributed by atoms with Gasteiger partial charge in [0, 0.05) is 42.0 Å². The molecule has 2 heterocycles. The van der Waals surface area contributed by atoms with E-state index in [2.05, 4.69) is 5.32 Å². The van der Waals surface area contributed by atoms with Gasteiger partial charge in [-0.15, -0.1) is 0 Å². The first kappa shape index (κ1) is 21.5. The molecule has 168 valence electrons. The van der Waals surface area contributed by atoms with Gasteiger partial charge < -0.3 is 24.4 Å². The highest BCUT2D eigenvalue weighted by atomic mass is 16.6. The van der Waals surface area contributed by atoms with E-state index in [4.69, 9.17) is 19.2 Å². The van der Waals surface area contributed by atoms with Crippen molar-refractivity contribution in [3.8, 4) is 11.5 Å². The summed E-state index contributed by atoms with van der Waals surface area (Å²) < 4.78 is 16.6. The molecule has 1 fully saturated rings. The van der Waals surface area contributed by atoms with Crippen LogP contribution in [0.2, 0.25) is 0 Å². The quantitative estimate of drug-likeness (QED) is 0.772. The molecule has 4 rings (SSSR count). The number of piperidine rings is 1. The number of rotatable bonds is 4. The summed E-state index contributed by atoms with van der Waals surface area (Å²) in [7, 11) is 3.29. The van der Waals surface area contributed by atoms with Crippen molar-refractivity contribution in [3.05, 3.63) is 23.4 Å². The van der Waals surface area contributed by atoms with Gasteiger partial charge in [-0.2, -0.15) is 0 Å². The Morgan fingerprint density at radius 3 is 2.58 bits per heavy atom. The van der Waals surface area contributed by atoms with Crippen molar-refractivity contribution in [2.24, 2.45) is 0 Å². The summed E-state index contributed by atoms with van der Waals surface area (Å²) in [4.78, 5) is 19.3. The molecule has 1 aromatic heterocycles. The predicted octanol–water partition coefficient (Wildman–Crippen LogP) is 4.55. The SMILES string of the molecule is COc1cc2nc3c(c(NC4CCCN(C(=O)OC(C)(C)C)C4)c2cc1OC)CCC3. The molecule has 1 aliphatic carbocycles. The molecule has 0 bridgehead atoms. The van der Waals surface area contributed by atoms with E-state index in [1.54, 1.807) is 14.2 Å². The van der Waals surface area contributed by atoms with Gasteiger partial charge in [0.1, 0.15) is 5.60 Å². The average molecular weight is 428 g/mol. The van der Waals surface area contributed by atoms with Crippen molar-refractivity contribution in [2.75, 3.05) is 32.6 Å². The zero-order chi connectivity index (χ0) is 22.2. The zero-order valence-corrected chi connectivity index (χ0v) is 19.2. The summed E-state index contributed by atoms with van der Waals surface area (Å²) in [6.07, 6.45) is 4.82. The van der Waals surface area contributed by atoms with Gasteiger partial charge in [-0.25, -0.2) is 4.79 Å². The normalized spacial score (nSPS) is 18.6. The van der Waals surface area contributed by atoms with Crippen LogP contribution in [-0.4, -0.2) is 54.9 Å². The van der Waals surface area contributed by atoms with E-state index in [0.29, 0.717) is 18.0 Å². The number of fused-ring (bicyclic) bond motifs is 2. The molecule has 1 unspecified atom stereocenters. The second kappa shape index (κ2) is 8.44. The highest BCUT2D eigenvalue weighted by molar-refractivity contribution is 5.96. The molecule has 1 amide bonds. The molecule has 2 aliphatic rings. The average Bonchev–Trinajstić information content (AvgIpc) is 3.20. The maximum atomic E-state index is 12.6. The molecule has 2 aromatic rings. The summed E-state index contributed by atoms with van der Waals surface area (Å²) in [5, 5.41) is 4.81. The molecule has 7 heteroatoms. The lowest BCUT2D eigenvalue weighted by Crippen LogP contribution is -2.47. The van der Waals surface area contributed by atoms with Gasteiger partial charge in [-0.3, -0.25) is 4.98 Å². The Kier molecular flexibility index (Phi) is 5.86. The van der Waals surface area contributed by atoms with Crippen LogP contribution in [0.15, 0.2) is 12.1 Å². The fourth-order valence-corrected chi connectivity index (χ4v) is 4.55. The topological polar surface area (TPSA) is 72.9 Å². The maximum absolute atomic E-state index is 12.6. The molecule has 1 aliphatic heterocycles. The monoisotopic (exact) mass is 427 g/mol. The lowest BCUT2D eigenvalue weighted by molar-refractivity contribution is 0.0206. The Labute approximate surface area is 184 Å². The van der Waals surface area contributed by atoms with Crippen LogP contribution in [0.4, 0.5) is 10.5 Å². The Balaban J connectivity index is 1.65. The van der Waals surface area contributed by atoms with Crippen LogP contribution in [0.1, 0.15) is 51.3 Å². The number of hydrogen-bond acceptors (Lipinski definition) is 6. The summed E-state index contributed by atoms with van der Waals surface area (Å²) in [5.74, 6) is 1.37. The smallest absolute Gasteiger partial charge is 0.410 e. The van der Waals surface area contributed by atoms with Crippen LogP contribution in [0.5, 0.6) is 11.5 Å². The van der Waals surface area contributed by atoms with E-state index in [1.807, 2.05) is 37.8 Å². The van der Waals surface area contributed by atoms with Gasteiger partial charge in [-0.1, -0.05) is 0 Å². The van der Waals surface area contributed by atoms with Gasteiger partial charge in [0.05, 0.1) is 19.7 Å². The number of ether oxygens (including phenoxy) is 3. The second-order valence-corrected chi connectivity index (χ2v) is 9.40. The first-order valence-electron chi connectivity index (χ1n) is 11.1. The Morgan fingerprint density at radius 1 is 1.13 bits per heavy atom. The largest absolute Gasteiger partial charge is 0.493 e. The van der Waals surface area contributed by atoms with E-state index in [1.165, 1.54) is 5.56 Å². The third kappa shape index (κ3) is 4.50. The number of nitrogens with one attached hydrogen (secondary N) is 1. The third-order valence-electron chi connectivity index (χ3n) is 5.94. The van der Waals surface area contributed by atoms with Crippen LogP contribution in [0.3, 0.4) is 0 Å². The van der Waals surface area contributed by atoms with Gasteiger partial charge in [-0.05, 0) is 64.5 Å². The number of aryl methyl sites for hydroxylation is 1. The Bertz CT molecular complexity index is 983. The van der Waals surface area contributed by atoms with Crippen LogP contribution < -0.4 is 14.8 Å². The Hall–Kier alpha value is -2.70. The van der Waals surface area contributed by atoms with Crippen molar-refractivity contribution in [1.82, 2.24) is 9.88 Å². The number of likely N-dealkylation sites (tertiary alicyclic amines) is 1. The molecular weight excluding hydrogens is 394 g/mol. The van der Waals surface area contributed by atoms with Crippen molar-refractivity contribution >= 4 is 22.7 Å². The zero-order valence-electron chi connectivity index (χ0n) is 19.2. The maximum Gasteiger partial charge on any atom is 0.410 e. The molecule has 1 saturated heterocycles. The van der Waals surface area contributed by atoms with E-state index in [0.717, 1.165) is 60.9 Å². The molecule has 31 heavy (non-hydrogen) atoms. The van der Waals surface area contributed by atoms with Crippen LogP contribution >= 0.6 is 0 Å². The fourth-order valence-electron chi connectivity index (χ4n) is 4.55. The summed E-state index contributed by atoms with van der Waals surface area (Å²) in [6.45, 7) is 7.06. The minimum absolute atomic E-state index is 0.157. The number of aromatic nitrogens is 1. The van der Waals surface area contributed by atoms with Crippen LogP contribution in [0, 0.1) is 0 Å². The molecule has 7 nitrogen and oxygen atoms in total. The highest BCUT2D eigenvalue weighted by Crippen LogP contribution is 2.40. The lowest BCUT2D eigenvalue weighted by atomic mass is 10.0. The van der Waals surface area contributed by atoms with Gasteiger partial charge in [0.2, 0.25) is 0 Å². The van der Waals surface area contributed by atoms with Crippen molar-refractivity contribution in [3.63, 3.8) is 0 Å². The first-order chi connectivity index (χ1) is 14.8. The number of methoxy groups -OCH3 is 2. The third-order valence-corrected chi connectivity index (χ3v) is 5.94. The van der Waals surface area contributed by atoms with E-state index in [9.17, 15) is 4.79 Å². The molecule has 1 atom stereocenters. The molecule has 0 spiro atoms. The number of benzene rings is 1. The highest BCUT2D eigenvalue weighted by Gasteiger charge is 2.29. The molecular formula is C24H33N3O4.